The Kier molecular flexibility index (Phi) is 37.7. The third kappa shape index (κ3) is 27.2. The molecular weight excluding hydrogens is 831 g/mol. The quantitative estimate of drug-likeness (QED) is 0.0276. The molecule has 65 heavy (non-hydrogen) atoms. The van der Waals surface area contributed by atoms with E-state index in [-0.39, 0.29) is 0 Å². The number of hydrogen-bond acceptors (Lipinski definition) is 0. The van der Waals surface area contributed by atoms with E-state index < -0.39 is 0 Å². The molecule has 0 N–H and O–H groups in total. The van der Waals surface area contributed by atoms with Crippen LogP contribution in [0.25, 0.3) is 16.9 Å². The topological polar surface area (TPSA) is 25.3 Å². The summed E-state index contributed by atoms with van der Waals surface area (Å²) in [6.45, 7) is 9.14. The van der Waals surface area contributed by atoms with Gasteiger partial charge in [-0.15, -0.1) is 0 Å². The molecule has 0 amide bonds. The average Bonchev–Trinajstić information content (AvgIpc) is 3.59. The maximum absolute atomic E-state index is 12.3. The Morgan fingerprint density at radius 3 is 1.14 bits per heavy atom. The van der Waals surface area contributed by atoms with E-state index in [0.717, 1.165) is 66.6 Å². The molecule has 1 aliphatic heterocycles. The van der Waals surface area contributed by atoms with Crippen molar-refractivity contribution in [3.63, 3.8) is 0 Å². The van der Waals surface area contributed by atoms with Gasteiger partial charge in [0.15, 0.2) is 0 Å². The third-order valence-corrected chi connectivity index (χ3v) is 13.4. The summed E-state index contributed by atoms with van der Waals surface area (Å²) < 4.78 is 1.53. The number of benzene rings is 2. The van der Waals surface area contributed by atoms with Crippen LogP contribution in [0.5, 0.6) is 0 Å². The molecule has 0 radical (unpaired) electrons. The van der Waals surface area contributed by atoms with Crippen molar-refractivity contribution in [1.82, 2.24) is 0 Å². The molecule has 0 spiro atoms. The van der Waals surface area contributed by atoms with Gasteiger partial charge in [0.1, 0.15) is 5.57 Å². The molecule has 1 aliphatic rings. The first kappa shape index (κ1) is 58.7. The number of rotatable bonds is 39. The molecule has 0 unspecified atom stereocenters. The van der Waals surface area contributed by atoms with Crippen molar-refractivity contribution in [3.05, 3.63) is 87.5 Å². The second kappa shape index (κ2) is 41.7. The zero-order valence-electron chi connectivity index (χ0n) is 43.7. The number of allylic oxidation sites excluding steroid dienone is 2. The van der Waals surface area contributed by atoms with E-state index in [2.05, 4.69) is 99.9 Å². The summed E-state index contributed by atoms with van der Waals surface area (Å²) in [6, 6.07) is 18.0. The Balaban J connectivity index is 0.00000470. The summed E-state index contributed by atoms with van der Waals surface area (Å²) in [7, 11) is 0. The van der Waals surface area contributed by atoms with Gasteiger partial charge in [0, 0.05) is 23.1 Å². The van der Waals surface area contributed by atoms with E-state index in [1.165, 1.54) is 227 Å². The van der Waals surface area contributed by atoms with E-state index in [1.807, 2.05) is 0 Å². The summed E-state index contributed by atoms with van der Waals surface area (Å²) in [6.07, 6.45) is 50.1. The van der Waals surface area contributed by atoms with Gasteiger partial charge in [-0.2, -0.15) is 0 Å². The van der Waals surface area contributed by atoms with Gasteiger partial charge in [-0.3, -0.25) is 0 Å². The van der Waals surface area contributed by atoms with Gasteiger partial charge in [0.05, 0.1) is 0 Å². The monoisotopic (exact) mass is 933 g/mol. The van der Waals surface area contributed by atoms with E-state index >= 15 is 0 Å². The third-order valence-electron chi connectivity index (χ3n) is 13.4. The van der Waals surface area contributed by atoms with Crippen LogP contribution in [0.2, 0.25) is 11.8 Å². The van der Waals surface area contributed by atoms with Crippen LogP contribution in [-0.4, -0.2) is 4.70 Å². The Morgan fingerprint density at radius 1 is 0.415 bits per heavy atom. The zero-order chi connectivity index (χ0) is 46.8. The van der Waals surface area contributed by atoms with Gasteiger partial charge in [0.25, 0.3) is 0 Å². The second-order valence-electron chi connectivity index (χ2n) is 19.5. The van der Waals surface area contributed by atoms with Crippen LogP contribution >= 0.6 is 0 Å². The van der Waals surface area contributed by atoms with Gasteiger partial charge < -0.3 is 5.53 Å². The number of hydrogen-bond donors (Lipinski definition) is 0. The minimum absolute atomic E-state index is 0.882. The molecular formula is C62H102N2Ni. The fraction of sp³-hybridized carbons (Fsp3) is 0.710. The molecule has 370 valence electrons. The predicted molar refractivity (Wildman–Crippen MR) is 286 cm³/mol. The van der Waals surface area contributed by atoms with E-state index in [9.17, 15) is 5.53 Å². The molecule has 1 heterocycles. The first-order valence-electron chi connectivity index (χ1n) is 27.9. The fourth-order valence-electron chi connectivity index (χ4n) is 9.51. The summed E-state index contributed by atoms with van der Waals surface area (Å²) >= 11 is 1.62. The predicted octanol–water partition coefficient (Wildman–Crippen LogP) is 21.2. The fourth-order valence-corrected chi connectivity index (χ4v) is 9.51. The zero-order valence-corrected chi connectivity index (χ0v) is 44.7. The SMILES string of the molecule is CCCCCCCCCCCCCCCCCCCCCCCCCC#CC1=C(c2cccc(CCCCCC)c2)[N+](=[N-])C(c2cccc(CCCCCC)c2)=C1CCCCC.[CH3][Ni][CH3]. The molecule has 2 aromatic rings. The Bertz CT molecular complexity index is 1600. The van der Waals surface area contributed by atoms with Gasteiger partial charge in [-0.1, -0.05) is 256 Å². The Labute approximate surface area is 411 Å². The number of nitrogens with zero attached hydrogens (tertiary/aromatic N) is 2. The summed E-state index contributed by atoms with van der Waals surface area (Å²) in [4.78, 5) is 0. The van der Waals surface area contributed by atoms with Crippen molar-refractivity contribution in [2.24, 2.45) is 0 Å². The summed E-state index contributed by atoms with van der Waals surface area (Å²) in [5.41, 5.74) is 21.3. The van der Waals surface area contributed by atoms with Crippen molar-refractivity contribution in [2.45, 2.75) is 283 Å². The van der Waals surface area contributed by atoms with Crippen molar-refractivity contribution >= 4 is 11.4 Å². The average molecular weight is 934 g/mol. The van der Waals surface area contributed by atoms with E-state index in [4.69, 9.17) is 0 Å². The molecule has 0 aliphatic carbocycles. The number of unbranched alkanes of at least 4 members (excludes halogenated alkanes) is 31. The standard InChI is InChI=1S/C60H96N2.2CH3.Ni/c1-5-9-13-16-17-18-19-20-21-22-23-24-25-26-27-28-29-30-31-32-33-34-35-36-40-50-58-57(49-37-12-8-4)59(55-47-41-45-53(51-55)43-38-14-10-6-2)62(61)60(58)56-48-42-46-54(52-56)44-39-15-11-7-3;;;/h41-42,45-48,51-52H,5-39,43-44,49H2,1-4H3;2*1H3;. The minimum atomic E-state index is 0.882. The van der Waals surface area contributed by atoms with E-state index in [0.29, 0.717) is 0 Å². The summed E-state index contributed by atoms with van der Waals surface area (Å²) in [5.74, 6) is 11.5. The Hall–Kier alpha value is -2.43. The van der Waals surface area contributed by atoms with Gasteiger partial charge in [0.2, 0.25) is 11.4 Å². The molecule has 3 heteroatoms. The van der Waals surface area contributed by atoms with Gasteiger partial charge >= 0.3 is 26.2 Å². The van der Waals surface area contributed by atoms with Gasteiger partial charge in [-0.25, -0.2) is 4.70 Å². The van der Waals surface area contributed by atoms with Crippen LogP contribution in [0.15, 0.2) is 59.7 Å². The molecule has 0 bridgehead atoms. The van der Waals surface area contributed by atoms with Crippen LogP contribution in [0.1, 0.15) is 281 Å². The molecule has 0 atom stereocenters. The normalized spacial score (nSPS) is 12.6. The van der Waals surface area contributed by atoms with Crippen LogP contribution in [0, 0.1) is 11.8 Å². The second-order valence-corrected chi connectivity index (χ2v) is 20.5. The van der Waals surface area contributed by atoms with Crippen molar-refractivity contribution in [1.29, 1.82) is 0 Å². The first-order valence-corrected chi connectivity index (χ1v) is 29.9. The van der Waals surface area contributed by atoms with Crippen molar-refractivity contribution < 1.29 is 19.1 Å². The van der Waals surface area contributed by atoms with Crippen LogP contribution in [0.4, 0.5) is 0 Å². The molecule has 0 saturated carbocycles. The van der Waals surface area contributed by atoms with Crippen molar-refractivity contribution in [2.75, 3.05) is 0 Å². The van der Waals surface area contributed by atoms with E-state index in [1.54, 1.807) is 14.4 Å². The summed E-state index contributed by atoms with van der Waals surface area (Å²) in [5, 5.41) is 0. The van der Waals surface area contributed by atoms with Crippen LogP contribution in [0.3, 0.4) is 0 Å². The molecule has 2 nitrogen and oxygen atoms in total. The molecule has 0 aromatic heterocycles. The molecule has 0 saturated heterocycles. The molecule has 2 aromatic carbocycles. The first-order chi connectivity index (χ1) is 32.1. The van der Waals surface area contributed by atoms with Crippen LogP contribution in [-0.2, 0) is 27.3 Å². The van der Waals surface area contributed by atoms with Gasteiger partial charge in [-0.05, 0) is 80.3 Å². The molecule has 3 rings (SSSR count). The maximum atomic E-state index is 12.3. The molecule has 0 fully saturated rings. The Morgan fingerprint density at radius 2 is 0.738 bits per heavy atom. The number of aryl methyl sites for hydroxylation is 2. The van der Waals surface area contributed by atoms with Crippen LogP contribution < -0.4 is 0 Å². The van der Waals surface area contributed by atoms with Crippen molar-refractivity contribution in [3.8, 4) is 11.8 Å².